The molecule has 0 bridgehead atoms. The van der Waals surface area contributed by atoms with Crippen LogP contribution in [0.2, 0.25) is 5.02 Å². The highest BCUT2D eigenvalue weighted by Crippen LogP contribution is 2.25. The third-order valence-corrected chi connectivity index (χ3v) is 4.58. The number of likely N-dealkylation sites (N-methyl/N-ethyl adjacent to an activating group) is 1. The summed E-state index contributed by atoms with van der Waals surface area (Å²) in [5.41, 5.74) is 0.656. The topological polar surface area (TPSA) is 40.6 Å². The maximum Gasteiger partial charge on any atom is 0.303 e. The third-order valence-electron chi connectivity index (χ3n) is 2.40. The SMILES string of the molecule is CN1CCN(c2ccc(Cl)cc2)S1(=O)=O. The molecule has 0 unspecified atom stereocenters. The Bertz CT molecular complexity index is 458. The Hall–Kier alpha value is -0.780. The highest BCUT2D eigenvalue weighted by Gasteiger charge is 2.33. The van der Waals surface area contributed by atoms with Crippen molar-refractivity contribution in [2.75, 3.05) is 24.4 Å². The van der Waals surface area contributed by atoms with Gasteiger partial charge in [-0.25, -0.2) is 0 Å². The molecule has 0 aliphatic carbocycles. The zero-order chi connectivity index (χ0) is 11.1. The monoisotopic (exact) mass is 246 g/mol. The Morgan fingerprint density at radius 2 is 1.80 bits per heavy atom. The smallest absolute Gasteiger partial charge is 0.256 e. The Kier molecular flexibility index (Phi) is 2.62. The number of hydrogen-bond donors (Lipinski definition) is 0. The van der Waals surface area contributed by atoms with Gasteiger partial charge in [-0.05, 0) is 24.3 Å². The summed E-state index contributed by atoms with van der Waals surface area (Å²) in [6.45, 7) is 1.01. The molecule has 0 spiro atoms. The van der Waals surface area contributed by atoms with E-state index in [4.69, 9.17) is 11.6 Å². The Balaban J connectivity index is 2.37. The normalized spacial score (nSPS) is 20.8. The largest absolute Gasteiger partial charge is 0.303 e. The first-order valence-corrected chi connectivity index (χ1v) is 6.29. The lowest BCUT2D eigenvalue weighted by atomic mass is 10.3. The van der Waals surface area contributed by atoms with Gasteiger partial charge in [-0.1, -0.05) is 11.6 Å². The van der Waals surface area contributed by atoms with Gasteiger partial charge in [0, 0.05) is 25.2 Å². The van der Waals surface area contributed by atoms with E-state index in [1.54, 1.807) is 31.3 Å². The Morgan fingerprint density at radius 1 is 1.20 bits per heavy atom. The van der Waals surface area contributed by atoms with Crippen LogP contribution in [-0.2, 0) is 10.2 Å². The van der Waals surface area contributed by atoms with Gasteiger partial charge in [0.2, 0.25) is 0 Å². The zero-order valence-corrected chi connectivity index (χ0v) is 9.79. The summed E-state index contributed by atoms with van der Waals surface area (Å²) in [5, 5.41) is 0.601. The van der Waals surface area contributed by atoms with Crippen molar-refractivity contribution in [2.45, 2.75) is 0 Å². The highest BCUT2D eigenvalue weighted by molar-refractivity contribution is 7.90. The molecule has 0 atom stereocenters. The Labute approximate surface area is 94.2 Å². The van der Waals surface area contributed by atoms with Crippen LogP contribution < -0.4 is 4.31 Å². The van der Waals surface area contributed by atoms with Gasteiger partial charge in [0.05, 0.1) is 5.69 Å². The van der Waals surface area contributed by atoms with Crippen molar-refractivity contribution in [3.8, 4) is 0 Å². The van der Waals surface area contributed by atoms with Gasteiger partial charge in [-0.2, -0.15) is 12.7 Å². The molecule has 1 saturated heterocycles. The van der Waals surface area contributed by atoms with E-state index < -0.39 is 10.2 Å². The molecule has 2 rings (SSSR count). The standard InChI is InChI=1S/C9H11ClN2O2S/c1-11-6-7-12(15(11,13)14)9-4-2-8(10)3-5-9/h2-5H,6-7H2,1H3. The van der Waals surface area contributed by atoms with Crippen LogP contribution in [0.15, 0.2) is 24.3 Å². The fraction of sp³-hybridized carbons (Fsp3) is 0.333. The highest BCUT2D eigenvalue weighted by atomic mass is 35.5. The molecule has 0 amide bonds. The molecule has 1 aromatic carbocycles. The molecule has 1 fully saturated rings. The van der Waals surface area contributed by atoms with Gasteiger partial charge in [-0.3, -0.25) is 4.31 Å². The van der Waals surface area contributed by atoms with Gasteiger partial charge in [0.15, 0.2) is 0 Å². The lowest BCUT2D eigenvalue weighted by Gasteiger charge is -2.17. The first-order chi connectivity index (χ1) is 7.01. The van der Waals surface area contributed by atoms with Crippen molar-refractivity contribution in [3.63, 3.8) is 0 Å². The van der Waals surface area contributed by atoms with Crippen LogP contribution in [0.3, 0.4) is 0 Å². The average molecular weight is 247 g/mol. The van der Waals surface area contributed by atoms with Gasteiger partial charge in [-0.15, -0.1) is 0 Å². The second kappa shape index (κ2) is 3.66. The first kappa shape index (κ1) is 10.7. The van der Waals surface area contributed by atoms with Crippen LogP contribution in [0, 0.1) is 0 Å². The van der Waals surface area contributed by atoms with E-state index in [9.17, 15) is 8.42 Å². The minimum absolute atomic E-state index is 0.487. The Morgan fingerprint density at radius 3 is 2.27 bits per heavy atom. The number of benzene rings is 1. The molecule has 82 valence electrons. The fourth-order valence-corrected chi connectivity index (χ4v) is 2.98. The molecule has 6 heteroatoms. The molecule has 1 aromatic rings. The average Bonchev–Trinajstić information content (AvgIpc) is 2.44. The van der Waals surface area contributed by atoms with Crippen molar-refractivity contribution in [3.05, 3.63) is 29.3 Å². The predicted molar refractivity (Wildman–Crippen MR) is 60.3 cm³/mol. The molecule has 1 aliphatic heterocycles. The summed E-state index contributed by atoms with van der Waals surface area (Å²) in [5.74, 6) is 0. The third kappa shape index (κ3) is 1.82. The van der Waals surface area contributed by atoms with Crippen molar-refractivity contribution in [1.82, 2.24) is 4.31 Å². The van der Waals surface area contributed by atoms with E-state index in [2.05, 4.69) is 0 Å². The van der Waals surface area contributed by atoms with Crippen LogP contribution in [0.1, 0.15) is 0 Å². The van der Waals surface area contributed by atoms with Gasteiger partial charge in [0.25, 0.3) is 0 Å². The van der Waals surface area contributed by atoms with Crippen molar-refractivity contribution < 1.29 is 8.42 Å². The minimum atomic E-state index is -3.31. The summed E-state index contributed by atoms with van der Waals surface area (Å²) in [6, 6.07) is 6.79. The van der Waals surface area contributed by atoms with Crippen LogP contribution in [0.5, 0.6) is 0 Å². The molecule has 0 radical (unpaired) electrons. The number of nitrogens with zero attached hydrogens (tertiary/aromatic N) is 2. The predicted octanol–water partition coefficient (Wildman–Crippen LogP) is 1.34. The lowest BCUT2D eigenvalue weighted by molar-refractivity contribution is 0.511. The van der Waals surface area contributed by atoms with E-state index in [1.807, 2.05) is 0 Å². The first-order valence-electron chi connectivity index (χ1n) is 4.51. The van der Waals surface area contributed by atoms with Crippen LogP contribution in [0.4, 0.5) is 5.69 Å². The van der Waals surface area contributed by atoms with Crippen LogP contribution in [0.25, 0.3) is 0 Å². The van der Waals surface area contributed by atoms with E-state index >= 15 is 0 Å². The number of anilines is 1. The maximum atomic E-state index is 11.8. The van der Waals surface area contributed by atoms with Crippen molar-refractivity contribution >= 4 is 27.5 Å². The number of halogens is 1. The molecule has 1 heterocycles. The summed E-state index contributed by atoms with van der Waals surface area (Å²) >= 11 is 5.74. The van der Waals surface area contributed by atoms with Gasteiger partial charge < -0.3 is 0 Å². The van der Waals surface area contributed by atoms with E-state index in [1.165, 1.54) is 8.61 Å². The minimum Gasteiger partial charge on any atom is -0.256 e. The molecule has 1 aliphatic rings. The molecule has 0 aromatic heterocycles. The summed E-state index contributed by atoms with van der Waals surface area (Å²) < 4.78 is 26.3. The summed E-state index contributed by atoms with van der Waals surface area (Å²) in [6.07, 6.45) is 0. The number of rotatable bonds is 1. The summed E-state index contributed by atoms with van der Waals surface area (Å²) in [7, 11) is -1.73. The lowest BCUT2D eigenvalue weighted by Crippen LogP contribution is -2.30. The molecule has 0 saturated carbocycles. The second-order valence-electron chi connectivity index (χ2n) is 3.38. The molecular weight excluding hydrogens is 236 g/mol. The van der Waals surface area contributed by atoms with E-state index in [-0.39, 0.29) is 0 Å². The van der Waals surface area contributed by atoms with Crippen molar-refractivity contribution in [2.24, 2.45) is 0 Å². The number of hydrogen-bond acceptors (Lipinski definition) is 2. The quantitative estimate of drug-likeness (QED) is 0.750. The van der Waals surface area contributed by atoms with E-state index in [0.717, 1.165) is 0 Å². The second-order valence-corrected chi connectivity index (χ2v) is 5.77. The molecule has 4 nitrogen and oxygen atoms in total. The molecular formula is C9H11ClN2O2S. The maximum absolute atomic E-state index is 11.8. The molecule has 15 heavy (non-hydrogen) atoms. The molecule has 0 N–H and O–H groups in total. The summed E-state index contributed by atoms with van der Waals surface area (Å²) in [4.78, 5) is 0. The fourth-order valence-electron chi connectivity index (χ4n) is 1.50. The van der Waals surface area contributed by atoms with Gasteiger partial charge >= 0.3 is 10.2 Å². The van der Waals surface area contributed by atoms with Gasteiger partial charge in [0.1, 0.15) is 0 Å². The van der Waals surface area contributed by atoms with E-state index in [0.29, 0.717) is 23.8 Å². The van der Waals surface area contributed by atoms with Crippen LogP contribution in [-0.4, -0.2) is 32.9 Å². The van der Waals surface area contributed by atoms with Crippen molar-refractivity contribution in [1.29, 1.82) is 0 Å². The van der Waals surface area contributed by atoms with Crippen LogP contribution >= 0.6 is 11.6 Å². The zero-order valence-electron chi connectivity index (χ0n) is 8.22.